The first-order valence-electron chi connectivity index (χ1n) is 7.84. The maximum atomic E-state index is 6.32. The molecule has 1 atom stereocenters. The third-order valence-electron chi connectivity index (χ3n) is 3.86. The van der Waals surface area contributed by atoms with Crippen LogP contribution < -0.4 is 10.5 Å². The molecule has 0 bridgehead atoms. The van der Waals surface area contributed by atoms with Crippen LogP contribution in [0.15, 0.2) is 53.5 Å². The monoisotopic (exact) mass is 331 g/mol. The molecule has 0 saturated heterocycles. The third kappa shape index (κ3) is 3.99. The average molecular weight is 331 g/mol. The highest BCUT2D eigenvalue weighted by atomic mass is 16.6. The summed E-state index contributed by atoms with van der Waals surface area (Å²) in [6, 6.07) is 7.91. The first-order chi connectivity index (χ1) is 11.6. The molecule has 1 aromatic rings. The SMILES string of the molecule is CCOc1ccc(C=CC2=CC(OC)=C(OC)C(N)(OC)C2)cc1. The average Bonchev–Trinajstić information content (AvgIpc) is 2.60. The van der Waals surface area contributed by atoms with Crippen molar-refractivity contribution in [1.82, 2.24) is 0 Å². The van der Waals surface area contributed by atoms with Crippen LogP contribution in [0.5, 0.6) is 5.75 Å². The Kier molecular flexibility index (Phi) is 6.06. The second-order valence-electron chi connectivity index (χ2n) is 5.43. The van der Waals surface area contributed by atoms with E-state index in [2.05, 4.69) is 0 Å². The highest BCUT2D eigenvalue weighted by Gasteiger charge is 2.37. The molecule has 0 amide bonds. The molecule has 24 heavy (non-hydrogen) atoms. The summed E-state index contributed by atoms with van der Waals surface area (Å²) in [5, 5.41) is 0. The summed E-state index contributed by atoms with van der Waals surface area (Å²) in [5.74, 6) is 1.92. The fourth-order valence-corrected chi connectivity index (χ4v) is 2.62. The number of benzene rings is 1. The molecule has 1 unspecified atom stereocenters. The Morgan fingerprint density at radius 1 is 1.08 bits per heavy atom. The van der Waals surface area contributed by atoms with Gasteiger partial charge in [-0.25, -0.2) is 0 Å². The Morgan fingerprint density at radius 3 is 2.33 bits per heavy atom. The Balaban J connectivity index is 2.22. The van der Waals surface area contributed by atoms with E-state index in [9.17, 15) is 0 Å². The molecule has 0 aliphatic heterocycles. The lowest BCUT2D eigenvalue weighted by molar-refractivity contribution is -0.0226. The molecule has 0 spiro atoms. The fraction of sp³-hybridized carbons (Fsp3) is 0.368. The normalized spacial score (nSPS) is 21.0. The zero-order valence-corrected chi connectivity index (χ0v) is 14.7. The second kappa shape index (κ2) is 8.04. The number of ether oxygens (including phenoxy) is 4. The summed E-state index contributed by atoms with van der Waals surface area (Å²) in [5.41, 5.74) is 7.34. The molecular formula is C19H25NO4. The van der Waals surface area contributed by atoms with Crippen LogP contribution in [0, 0.1) is 0 Å². The summed E-state index contributed by atoms with van der Waals surface area (Å²) < 4.78 is 21.7. The molecule has 2 rings (SSSR count). The Hall–Kier alpha value is -2.24. The molecule has 2 N–H and O–H groups in total. The van der Waals surface area contributed by atoms with Gasteiger partial charge >= 0.3 is 0 Å². The van der Waals surface area contributed by atoms with Gasteiger partial charge in [0.1, 0.15) is 5.75 Å². The Morgan fingerprint density at radius 2 is 1.79 bits per heavy atom. The van der Waals surface area contributed by atoms with Crippen molar-refractivity contribution in [3.63, 3.8) is 0 Å². The lowest BCUT2D eigenvalue weighted by Crippen LogP contribution is -2.46. The van der Waals surface area contributed by atoms with Crippen molar-refractivity contribution in [3.8, 4) is 5.75 Å². The number of hydrogen-bond donors (Lipinski definition) is 1. The minimum Gasteiger partial charge on any atom is -0.494 e. The van der Waals surface area contributed by atoms with E-state index in [1.54, 1.807) is 21.3 Å². The van der Waals surface area contributed by atoms with Gasteiger partial charge in [-0.15, -0.1) is 0 Å². The first kappa shape index (κ1) is 18.1. The van der Waals surface area contributed by atoms with Crippen molar-refractivity contribution < 1.29 is 18.9 Å². The van der Waals surface area contributed by atoms with E-state index in [0.717, 1.165) is 16.9 Å². The van der Waals surface area contributed by atoms with Crippen LogP contribution >= 0.6 is 0 Å². The molecule has 5 nitrogen and oxygen atoms in total. The topological polar surface area (TPSA) is 62.9 Å². The molecule has 5 heteroatoms. The third-order valence-corrected chi connectivity index (χ3v) is 3.86. The van der Waals surface area contributed by atoms with Gasteiger partial charge in [0.05, 0.1) is 20.8 Å². The molecule has 0 aromatic heterocycles. The van der Waals surface area contributed by atoms with Crippen molar-refractivity contribution in [2.45, 2.75) is 19.1 Å². The summed E-state index contributed by atoms with van der Waals surface area (Å²) in [7, 11) is 4.70. The maximum Gasteiger partial charge on any atom is 0.184 e. The molecule has 1 aliphatic rings. The van der Waals surface area contributed by atoms with Crippen LogP contribution in [0.4, 0.5) is 0 Å². The number of allylic oxidation sites excluding steroid dienone is 2. The minimum absolute atomic E-state index is 0.491. The van der Waals surface area contributed by atoms with E-state index < -0.39 is 5.72 Å². The van der Waals surface area contributed by atoms with E-state index in [1.807, 2.05) is 49.4 Å². The molecule has 1 aromatic carbocycles. The van der Waals surface area contributed by atoms with Crippen LogP contribution in [0.2, 0.25) is 0 Å². The van der Waals surface area contributed by atoms with Crippen molar-refractivity contribution in [2.24, 2.45) is 5.73 Å². The molecule has 130 valence electrons. The zero-order valence-electron chi connectivity index (χ0n) is 14.7. The summed E-state index contributed by atoms with van der Waals surface area (Å²) in [6.07, 6.45) is 6.42. The molecular weight excluding hydrogens is 306 g/mol. The van der Waals surface area contributed by atoms with Crippen molar-refractivity contribution in [2.75, 3.05) is 27.9 Å². The zero-order chi connectivity index (χ0) is 17.6. The molecule has 0 saturated carbocycles. The van der Waals surface area contributed by atoms with Crippen LogP contribution in [0.1, 0.15) is 18.9 Å². The largest absolute Gasteiger partial charge is 0.494 e. The van der Waals surface area contributed by atoms with E-state index in [-0.39, 0.29) is 0 Å². The number of methoxy groups -OCH3 is 3. The maximum absolute atomic E-state index is 6.32. The summed E-state index contributed by atoms with van der Waals surface area (Å²) in [6.45, 7) is 2.62. The van der Waals surface area contributed by atoms with Crippen molar-refractivity contribution >= 4 is 6.08 Å². The Bertz CT molecular complexity index is 646. The molecule has 1 aliphatic carbocycles. The first-order valence-corrected chi connectivity index (χ1v) is 7.84. The highest BCUT2D eigenvalue weighted by Crippen LogP contribution is 2.33. The van der Waals surface area contributed by atoms with Crippen LogP contribution in [-0.4, -0.2) is 33.7 Å². The Labute approximate surface area is 143 Å². The number of hydrogen-bond acceptors (Lipinski definition) is 5. The predicted octanol–water partition coefficient (Wildman–Crippen LogP) is 3.23. The van der Waals surface area contributed by atoms with E-state index in [1.165, 1.54) is 0 Å². The molecule has 0 radical (unpaired) electrons. The van der Waals surface area contributed by atoms with E-state index in [4.69, 9.17) is 24.7 Å². The van der Waals surface area contributed by atoms with Gasteiger partial charge in [0.25, 0.3) is 0 Å². The van der Waals surface area contributed by atoms with Gasteiger partial charge in [-0.3, -0.25) is 5.73 Å². The van der Waals surface area contributed by atoms with Crippen LogP contribution in [-0.2, 0) is 14.2 Å². The summed E-state index contributed by atoms with van der Waals surface area (Å²) in [4.78, 5) is 0. The van der Waals surface area contributed by atoms with Crippen molar-refractivity contribution in [3.05, 3.63) is 59.1 Å². The summed E-state index contributed by atoms with van der Waals surface area (Å²) >= 11 is 0. The quantitative estimate of drug-likeness (QED) is 0.777. The number of rotatable bonds is 7. The van der Waals surface area contributed by atoms with Crippen LogP contribution in [0.25, 0.3) is 6.08 Å². The highest BCUT2D eigenvalue weighted by molar-refractivity contribution is 5.55. The van der Waals surface area contributed by atoms with E-state index in [0.29, 0.717) is 24.5 Å². The lowest BCUT2D eigenvalue weighted by Gasteiger charge is -2.33. The van der Waals surface area contributed by atoms with E-state index >= 15 is 0 Å². The van der Waals surface area contributed by atoms with Gasteiger partial charge in [-0.2, -0.15) is 0 Å². The lowest BCUT2D eigenvalue weighted by atomic mass is 9.93. The molecule has 0 heterocycles. The molecule has 0 fully saturated rings. The van der Waals surface area contributed by atoms with Gasteiger partial charge in [0, 0.05) is 13.5 Å². The van der Waals surface area contributed by atoms with Gasteiger partial charge < -0.3 is 18.9 Å². The van der Waals surface area contributed by atoms with Gasteiger partial charge in [0.15, 0.2) is 17.2 Å². The van der Waals surface area contributed by atoms with Gasteiger partial charge in [-0.05, 0) is 36.3 Å². The minimum atomic E-state index is -1.03. The standard InChI is InChI=1S/C19H25NO4/c1-5-24-16-10-8-14(9-11-16)6-7-15-12-17(21-2)18(22-3)19(20,13-15)23-4/h6-12H,5,13,20H2,1-4H3. The predicted molar refractivity (Wildman–Crippen MR) is 94.3 cm³/mol. The van der Waals surface area contributed by atoms with Gasteiger partial charge in [-0.1, -0.05) is 24.3 Å². The second-order valence-corrected chi connectivity index (χ2v) is 5.43. The van der Waals surface area contributed by atoms with Crippen LogP contribution in [0.3, 0.4) is 0 Å². The van der Waals surface area contributed by atoms with Gasteiger partial charge in [0.2, 0.25) is 0 Å². The smallest absolute Gasteiger partial charge is 0.184 e. The number of nitrogens with two attached hydrogens (primary N) is 1. The van der Waals surface area contributed by atoms with Crippen molar-refractivity contribution in [1.29, 1.82) is 0 Å². The fourth-order valence-electron chi connectivity index (χ4n) is 2.62.